The van der Waals surface area contributed by atoms with Crippen molar-refractivity contribution in [1.82, 2.24) is 5.06 Å². The predicted octanol–water partition coefficient (Wildman–Crippen LogP) is 1.00. The van der Waals surface area contributed by atoms with Crippen molar-refractivity contribution in [1.29, 1.82) is 0 Å². The van der Waals surface area contributed by atoms with Gasteiger partial charge in [-0.25, -0.2) is 9.86 Å². The molecule has 2 rings (SSSR count). The number of hydroxylamine groups is 2. The van der Waals surface area contributed by atoms with E-state index in [1.165, 1.54) is 12.1 Å². The largest absolute Gasteiger partial charge is 0.459 e. The molecule has 1 N–H and O–H groups in total. The van der Waals surface area contributed by atoms with E-state index in [-0.39, 0.29) is 30.4 Å². The Morgan fingerprint density at radius 3 is 2.55 bits per heavy atom. The number of ether oxygens (including phenoxy) is 1. The third-order valence-electron chi connectivity index (χ3n) is 2.75. The van der Waals surface area contributed by atoms with Gasteiger partial charge < -0.3 is 9.84 Å². The fourth-order valence-electron chi connectivity index (χ4n) is 1.87. The average Bonchev–Trinajstić information content (AvgIpc) is 2.84. The third-order valence-corrected chi connectivity index (χ3v) is 2.75. The summed E-state index contributed by atoms with van der Waals surface area (Å²) in [5.41, 5.74) is 0.392. The number of esters is 1. The van der Waals surface area contributed by atoms with Crippen LogP contribution >= 0.6 is 0 Å². The Kier molecular flexibility index (Phi) is 4.36. The Balaban J connectivity index is 2.23. The maximum atomic E-state index is 12.3. The number of β-amino-alcohol motifs (C(OH)–C–C–N with tert-alkyl or cyclic N) is 1. The van der Waals surface area contributed by atoms with E-state index in [0.717, 1.165) is 5.06 Å². The molecular weight excluding hydrogens is 262 g/mol. The molecule has 20 heavy (non-hydrogen) atoms. The number of aliphatic hydroxyl groups excluding tert-OH is 1. The number of amides is 1. The number of nitrogens with zero attached hydrogens (tertiary/aromatic N) is 1. The first-order valence-corrected chi connectivity index (χ1v) is 6.42. The summed E-state index contributed by atoms with van der Waals surface area (Å²) in [6.45, 7) is 3.64. The van der Waals surface area contributed by atoms with E-state index in [4.69, 9.17) is 9.57 Å². The minimum Gasteiger partial charge on any atom is -0.459 e. The molecule has 0 unspecified atom stereocenters. The van der Waals surface area contributed by atoms with Gasteiger partial charge in [-0.15, -0.1) is 0 Å². The van der Waals surface area contributed by atoms with Crippen LogP contribution in [0.2, 0.25) is 0 Å². The van der Waals surface area contributed by atoms with Gasteiger partial charge in [0, 0.05) is 0 Å². The molecule has 0 saturated carbocycles. The van der Waals surface area contributed by atoms with Gasteiger partial charge in [0.25, 0.3) is 5.91 Å². The average molecular weight is 279 g/mol. The fourth-order valence-corrected chi connectivity index (χ4v) is 1.87. The van der Waals surface area contributed by atoms with Crippen molar-refractivity contribution in [2.75, 3.05) is 13.2 Å². The van der Waals surface area contributed by atoms with Gasteiger partial charge in [-0.1, -0.05) is 12.1 Å². The number of aliphatic hydroxyl groups is 1. The van der Waals surface area contributed by atoms with E-state index in [2.05, 4.69) is 0 Å². The molecule has 0 bridgehead atoms. The van der Waals surface area contributed by atoms with Crippen LogP contribution in [-0.4, -0.2) is 47.4 Å². The lowest BCUT2D eigenvalue weighted by Crippen LogP contribution is -2.30. The van der Waals surface area contributed by atoms with Crippen LogP contribution in [0.1, 0.15) is 34.6 Å². The summed E-state index contributed by atoms with van der Waals surface area (Å²) in [6, 6.07) is 6.39. The molecule has 1 atom stereocenters. The van der Waals surface area contributed by atoms with Crippen LogP contribution in [0.25, 0.3) is 0 Å². The monoisotopic (exact) mass is 279 g/mol. The van der Waals surface area contributed by atoms with Crippen LogP contribution in [0.15, 0.2) is 24.3 Å². The van der Waals surface area contributed by atoms with Crippen molar-refractivity contribution < 1.29 is 24.3 Å². The summed E-state index contributed by atoms with van der Waals surface area (Å²) < 4.78 is 5.11. The first-order valence-electron chi connectivity index (χ1n) is 6.42. The van der Waals surface area contributed by atoms with E-state index < -0.39 is 18.0 Å². The summed E-state index contributed by atoms with van der Waals surface area (Å²) in [7, 11) is 0. The third kappa shape index (κ3) is 3.15. The van der Waals surface area contributed by atoms with Gasteiger partial charge in [0.15, 0.2) is 0 Å². The summed E-state index contributed by atoms with van der Waals surface area (Å²) in [4.78, 5) is 29.3. The normalized spacial score (nSPS) is 18.4. The molecular formula is C14H17NO5. The second-order valence-electron chi connectivity index (χ2n) is 4.82. The fraction of sp³-hybridized carbons (Fsp3) is 0.429. The Bertz CT molecular complexity index is 514. The van der Waals surface area contributed by atoms with Gasteiger partial charge in [-0.2, -0.15) is 0 Å². The second-order valence-corrected chi connectivity index (χ2v) is 4.82. The molecule has 1 aliphatic heterocycles. The lowest BCUT2D eigenvalue weighted by Gasteiger charge is -2.16. The zero-order chi connectivity index (χ0) is 14.7. The Morgan fingerprint density at radius 1 is 1.35 bits per heavy atom. The minimum atomic E-state index is -0.700. The first-order chi connectivity index (χ1) is 9.49. The van der Waals surface area contributed by atoms with E-state index in [9.17, 15) is 14.7 Å². The van der Waals surface area contributed by atoms with E-state index in [1.807, 2.05) is 0 Å². The summed E-state index contributed by atoms with van der Waals surface area (Å²) in [5.74, 6) is -1.01. The smallest absolute Gasteiger partial charge is 0.339 e. The Labute approximate surface area is 116 Å². The Hall–Kier alpha value is -1.92. The standard InChI is InChI=1S/C14H17NO5/c1-9(2)20-14(18)12-6-4-3-5-11(12)13(17)15-7-10(16)8-19-15/h3-6,9-10,16H,7-8H2,1-2H3/t10-/m1/s1. The van der Waals surface area contributed by atoms with E-state index in [0.29, 0.717) is 0 Å². The lowest BCUT2D eigenvalue weighted by molar-refractivity contribution is -0.0780. The van der Waals surface area contributed by atoms with Crippen molar-refractivity contribution >= 4 is 11.9 Å². The van der Waals surface area contributed by atoms with Crippen LogP contribution in [0.4, 0.5) is 0 Å². The topological polar surface area (TPSA) is 76.1 Å². The molecule has 1 aromatic rings. The highest BCUT2D eigenvalue weighted by molar-refractivity contribution is 6.05. The summed E-state index contributed by atoms with van der Waals surface area (Å²) in [6.07, 6.45) is -0.968. The highest BCUT2D eigenvalue weighted by Gasteiger charge is 2.29. The molecule has 1 fully saturated rings. The summed E-state index contributed by atoms with van der Waals surface area (Å²) in [5, 5.41) is 10.4. The highest BCUT2D eigenvalue weighted by Crippen LogP contribution is 2.17. The molecule has 0 spiro atoms. The SMILES string of the molecule is CC(C)OC(=O)c1ccccc1C(=O)N1C[C@@H](O)CO1. The molecule has 1 saturated heterocycles. The van der Waals surface area contributed by atoms with Crippen LogP contribution < -0.4 is 0 Å². The maximum Gasteiger partial charge on any atom is 0.339 e. The van der Waals surface area contributed by atoms with Crippen molar-refractivity contribution in [3.05, 3.63) is 35.4 Å². The number of hydrogen-bond donors (Lipinski definition) is 1. The molecule has 6 nitrogen and oxygen atoms in total. The number of hydrogen-bond acceptors (Lipinski definition) is 5. The van der Waals surface area contributed by atoms with Gasteiger partial charge in [0.05, 0.1) is 23.8 Å². The maximum absolute atomic E-state index is 12.3. The number of carbonyl (C=O) groups excluding carboxylic acids is 2. The van der Waals surface area contributed by atoms with Gasteiger partial charge in [-0.05, 0) is 26.0 Å². The molecule has 0 aliphatic carbocycles. The number of benzene rings is 1. The zero-order valence-electron chi connectivity index (χ0n) is 11.4. The van der Waals surface area contributed by atoms with E-state index >= 15 is 0 Å². The predicted molar refractivity (Wildman–Crippen MR) is 70.0 cm³/mol. The van der Waals surface area contributed by atoms with Crippen molar-refractivity contribution in [2.45, 2.75) is 26.1 Å². The quantitative estimate of drug-likeness (QED) is 0.835. The van der Waals surface area contributed by atoms with Crippen LogP contribution in [0.5, 0.6) is 0 Å². The van der Waals surface area contributed by atoms with Crippen molar-refractivity contribution in [3.63, 3.8) is 0 Å². The van der Waals surface area contributed by atoms with E-state index in [1.54, 1.807) is 26.0 Å². The van der Waals surface area contributed by atoms with Gasteiger partial charge in [-0.3, -0.25) is 9.63 Å². The number of rotatable bonds is 3. The van der Waals surface area contributed by atoms with Gasteiger partial charge in [0.2, 0.25) is 0 Å². The lowest BCUT2D eigenvalue weighted by atomic mass is 10.1. The molecule has 6 heteroatoms. The molecule has 108 valence electrons. The molecule has 0 aromatic heterocycles. The van der Waals surface area contributed by atoms with Crippen molar-refractivity contribution in [3.8, 4) is 0 Å². The van der Waals surface area contributed by atoms with Crippen LogP contribution in [0.3, 0.4) is 0 Å². The van der Waals surface area contributed by atoms with Crippen LogP contribution in [0, 0.1) is 0 Å². The van der Waals surface area contributed by atoms with Crippen LogP contribution in [-0.2, 0) is 9.57 Å². The van der Waals surface area contributed by atoms with Gasteiger partial charge in [0.1, 0.15) is 12.7 Å². The Morgan fingerprint density at radius 2 is 2.00 bits per heavy atom. The zero-order valence-corrected chi connectivity index (χ0v) is 11.4. The molecule has 1 aromatic carbocycles. The molecule has 0 radical (unpaired) electrons. The molecule has 1 aliphatic rings. The van der Waals surface area contributed by atoms with Gasteiger partial charge >= 0.3 is 5.97 Å². The first kappa shape index (κ1) is 14.5. The minimum absolute atomic E-state index is 0.0738. The number of carbonyl (C=O) groups is 2. The van der Waals surface area contributed by atoms with Crippen molar-refractivity contribution in [2.24, 2.45) is 0 Å². The summed E-state index contributed by atoms with van der Waals surface area (Å²) >= 11 is 0. The second kappa shape index (κ2) is 6.02. The highest BCUT2D eigenvalue weighted by atomic mass is 16.7. The molecule has 1 amide bonds. The molecule has 1 heterocycles.